The average Bonchev–Trinajstić information content (AvgIpc) is 2.99. The third kappa shape index (κ3) is 3.89. The Morgan fingerprint density at radius 2 is 2.24 bits per heavy atom. The zero-order chi connectivity index (χ0) is 18.2. The van der Waals surface area contributed by atoms with Crippen LogP contribution in [0, 0.1) is 5.92 Å². The van der Waals surface area contributed by atoms with Crippen LogP contribution in [0.5, 0.6) is 5.75 Å². The lowest BCUT2D eigenvalue weighted by atomic mass is 9.99. The minimum absolute atomic E-state index is 0.194. The summed E-state index contributed by atoms with van der Waals surface area (Å²) >= 11 is 7.45. The number of anilines is 1. The van der Waals surface area contributed by atoms with Crippen LogP contribution in [0.3, 0.4) is 0 Å². The van der Waals surface area contributed by atoms with Gasteiger partial charge in [0.1, 0.15) is 11.3 Å². The van der Waals surface area contributed by atoms with E-state index < -0.39 is 15.9 Å². The third-order valence-electron chi connectivity index (χ3n) is 4.13. The summed E-state index contributed by atoms with van der Waals surface area (Å²) in [4.78, 5) is 16.9. The van der Waals surface area contributed by atoms with Crippen molar-refractivity contribution in [2.24, 2.45) is 5.92 Å². The van der Waals surface area contributed by atoms with Gasteiger partial charge in [-0.15, -0.1) is 0 Å². The highest BCUT2D eigenvalue weighted by Crippen LogP contribution is 2.37. The first-order valence-electron chi connectivity index (χ1n) is 7.68. The Hall–Kier alpha value is -1.42. The number of halogens is 1. The van der Waals surface area contributed by atoms with Gasteiger partial charge in [-0.05, 0) is 25.0 Å². The zero-order valence-corrected chi connectivity index (χ0v) is 16.2. The predicted octanol–water partition coefficient (Wildman–Crippen LogP) is 2.57. The molecule has 2 heterocycles. The number of nitrogens with zero attached hydrogens (tertiary/aromatic N) is 2. The Morgan fingerprint density at radius 3 is 2.92 bits per heavy atom. The number of sulfonamides is 1. The van der Waals surface area contributed by atoms with Crippen molar-refractivity contribution in [3.8, 4) is 5.75 Å². The molecule has 136 valence electrons. The fraction of sp³-hybridized carbons (Fsp3) is 0.467. The summed E-state index contributed by atoms with van der Waals surface area (Å²) < 4.78 is 30.7. The third-order valence-corrected chi connectivity index (χ3v) is 6.83. The van der Waals surface area contributed by atoms with Gasteiger partial charge in [0.25, 0.3) is 0 Å². The van der Waals surface area contributed by atoms with Crippen LogP contribution in [0.25, 0.3) is 10.2 Å². The van der Waals surface area contributed by atoms with Crippen LogP contribution in [-0.4, -0.2) is 50.1 Å². The number of nitrogens with one attached hydrogen (secondary N) is 1. The topological polar surface area (TPSA) is 88.6 Å². The fourth-order valence-electron chi connectivity index (χ4n) is 2.84. The van der Waals surface area contributed by atoms with E-state index in [4.69, 9.17) is 16.3 Å². The summed E-state index contributed by atoms with van der Waals surface area (Å²) in [5.41, 5.74) is 0.594. The number of ether oxygens (including phenoxy) is 1. The largest absolute Gasteiger partial charge is 0.494 e. The molecule has 3 rings (SSSR count). The number of methoxy groups -OCH3 is 1. The van der Waals surface area contributed by atoms with Crippen molar-refractivity contribution in [3.63, 3.8) is 0 Å². The Kier molecular flexibility index (Phi) is 5.19. The molecule has 1 N–H and O–H groups in total. The van der Waals surface area contributed by atoms with E-state index in [2.05, 4.69) is 10.3 Å². The lowest BCUT2D eigenvalue weighted by Crippen LogP contribution is -2.43. The zero-order valence-electron chi connectivity index (χ0n) is 13.8. The Morgan fingerprint density at radius 1 is 1.48 bits per heavy atom. The molecule has 10 heteroatoms. The molecule has 0 bridgehead atoms. The summed E-state index contributed by atoms with van der Waals surface area (Å²) in [6.07, 6.45) is 2.46. The Balaban J connectivity index is 1.79. The molecule has 0 aliphatic carbocycles. The number of thiazole rings is 1. The van der Waals surface area contributed by atoms with E-state index in [0.29, 0.717) is 40.8 Å². The molecule has 1 saturated heterocycles. The molecule has 0 unspecified atom stereocenters. The van der Waals surface area contributed by atoms with Crippen molar-refractivity contribution < 1.29 is 17.9 Å². The first kappa shape index (κ1) is 18.4. The smallest absolute Gasteiger partial charge is 0.230 e. The highest BCUT2D eigenvalue weighted by atomic mass is 35.5. The Labute approximate surface area is 155 Å². The second-order valence-electron chi connectivity index (χ2n) is 5.90. The average molecular weight is 404 g/mol. The highest BCUT2D eigenvalue weighted by molar-refractivity contribution is 7.88. The monoisotopic (exact) mass is 403 g/mol. The van der Waals surface area contributed by atoms with E-state index in [1.54, 1.807) is 19.2 Å². The first-order valence-corrected chi connectivity index (χ1v) is 10.7. The summed E-state index contributed by atoms with van der Waals surface area (Å²) in [7, 11) is -1.75. The highest BCUT2D eigenvalue weighted by Gasteiger charge is 2.30. The summed E-state index contributed by atoms with van der Waals surface area (Å²) in [6, 6.07) is 3.44. The number of amides is 1. The van der Waals surface area contributed by atoms with E-state index in [0.717, 1.165) is 11.0 Å². The number of carbonyl (C=O) groups excluding carboxylic acids is 1. The van der Waals surface area contributed by atoms with E-state index in [1.165, 1.54) is 15.6 Å². The Bertz CT molecular complexity index is 913. The molecule has 25 heavy (non-hydrogen) atoms. The van der Waals surface area contributed by atoms with Crippen LogP contribution in [0.1, 0.15) is 12.8 Å². The molecule has 1 atom stereocenters. The molecule has 1 aromatic carbocycles. The summed E-state index contributed by atoms with van der Waals surface area (Å²) in [5, 5.41) is 3.74. The van der Waals surface area contributed by atoms with Crippen LogP contribution < -0.4 is 10.1 Å². The second-order valence-corrected chi connectivity index (χ2v) is 9.28. The number of hydrogen-bond acceptors (Lipinski definition) is 6. The van der Waals surface area contributed by atoms with Crippen molar-refractivity contribution in [1.82, 2.24) is 9.29 Å². The second kappa shape index (κ2) is 7.06. The molecular formula is C15H18ClN3O4S2. The van der Waals surface area contributed by atoms with Crippen LogP contribution in [0.15, 0.2) is 12.1 Å². The van der Waals surface area contributed by atoms with Gasteiger partial charge in [0.05, 0.1) is 29.0 Å². The molecule has 7 nitrogen and oxygen atoms in total. The van der Waals surface area contributed by atoms with Crippen molar-refractivity contribution in [2.75, 3.05) is 31.8 Å². The number of carbonyl (C=O) groups is 1. The van der Waals surface area contributed by atoms with Crippen molar-refractivity contribution >= 4 is 54.2 Å². The van der Waals surface area contributed by atoms with Crippen LogP contribution in [0.4, 0.5) is 5.13 Å². The number of rotatable bonds is 4. The predicted molar refractivity (Wildman–Crippen MR) is 99.0 cm³/mol. The van der Waals surface area contributed by atoms with Crippen molar-refractivity contribution in [2.45, 2.75) is 12.8 Å². The molecular weight excluding hydrogens is 386 g/mol. The van der Waals surface area contributed by atoms with E-state index >= 15 is 0 Å². The van der Waals surface area contributed by atoms with Gasteiger partial charge < -0.3 is 10.1 Å². The summed E-state index contributed by atoms with van der Waals surface area (Å²) in [6.45, 7) is 0.649. The SMILES string of the molecule is COc1ccc(Cl)c2sc(NC(=O)[C@H]3CCCN(S(C)(=O)=O)C3)nc12. The van der Waals surface area contributed by atoms with Gasteiger partial charge in [-0.1, -0.05) is 22.9 Å². The molecule has 1 aliphatic rings. The lowest BCUT2D eigenvalue weighted by molar-refractivity contribution is -0.120. The molecule has 0 spiro atoms. The first-order chi connectivity index (χ1) is 11.8. The van der Waals surface area contributed by atoms with Gasteiger partial charge >= 0.3 is 0 Å². The van der Waals surface area contributed by atoms with Crippen LogP contribution in [-0.2, 0) is 14.8 Å². The molecule has 0 radical (unpaired) electrons. The number of piperidine rings is 1. The van der Waals surface area contributed by atoms with E-state index in [1.807, 2.05) is 0 Å². The number of benzene rings is 1. The van der Waals surface area contributed by atoms with Gasteiger partial charge in [-0.25, -0.2) is 17.7 Å². The molecule has 2 aromatic rings. The van der Waals surface area contributed by atoms with Gasteiger partial charge in [-0.3, -0.25) is 4.79 Å². The lowest BCUT2D eigenvalue weighted by Gasteiger charge is -2.29. The van der Waals surface area contributed by atoms with E-state index in [9.17, 15) is 13.2 Å². The van der Waals surface area contributed by atoms with Crippen LogP contribution in [0.2, 0.25) is 5.02 Å². The van der Waals surface area contributed by atoms with Gasteiger partial charge in [0, 0.05) is 13.1 Å². The number of aromatic nitrogens is 1. The maximum absolute atomic E-state index is 12.5. The van der Waals surface area contributed by atoms with Gasteiger partial charge in [0.2, 0.25) is 15.9 Å². The van der Waals surface area contributed by atoms with Crippen molar-refractivity contribution in [3.05, 3.63) is 17.2 Å². The molecule has 1 aromatic heterocycles. The van der Waals surface area contributed by atoms with E-state index in [-0.39, 0.29) is 12.5 Å². The molecule has 1 aliphatic heterocycles. The van der Waals surface area contributed by atoms with Gasteiger partial charge in [0.15, 0.2) is 5.13 Å². The maximum atomic E-state index is 12.5. The number of fused-ring (bicyclic) bond motifs is 1. The maximum Gasteiger partial charge on any atom is 0.230 e. The normalized spacial score (nSPS) is 19.1. The standard InChI is InChI=1S/C15H18ClN3O4S2/c1-23-11-6-5-10(16)13-12(11)17-15(24-13)18-14(20)9-4-3-7-19(8-9)25(2,21)22/h5-6,9H,3-4,7-8H2,1-2H3,(H,17,18,20)/t9-/m0/s1. The van der Waals surface area contributed by atoms with Crippen LogP contribution >= 0.6 is 22.9 Å². The van der Waals surface area contributed by atoms with Crippen molar-refractivity contribution in [1.29, 1.82) is 0 Å². The number of hydrogen-bond donors (Lipinski definition) is 1. The summed E-state index contributed by atoms with van der Waals surface area (Å²) in [5.74, 6) is -0.0487. The fourth-order valence-corrected chi connectivity index (χ4v) is 4.91. The molecule has 0 saturated carbocycles. The molecule has 1 amide bonds. The minimum Gasteiger partial charge on any atom is -0.494 e. The minimum atomic E-state index is -3.29. The quantitative estimate of drug-likeness (QED) is 0.847. The molecule has 1 fully saturated rings. The van der Waals surface area contributed by atoms with Gasteiger partial charge in [-0.2, -0.15) is 0 Å².